The molecule has 0 bridgehead atoms. The smallest absolute Gasteiger partial charge is 0.211 e. The maximum absolute atomic E-state index is 5.42. The van der Waals surface area contributed by atoms with Gasteiger partial charge in [-0.25, -0.2) is 0 Å². The van der Waals surface area contributed by atoms with E-state index >= 15 is 0 Å². The molecule has 0 radical (unpaired) electrons. The number of nitrogens with two attached hydrogens (primary N) is 2. The van der Waals surface area contributed by atoms with Crippen molar-refractivity contribution in [2.75, 3.05) is 0 Å². The summed E-state index contributed by atoms with van der Waals surface area (Å²) in [4.78, 5) is 4.54. The van der Waals surface area contributed by atoms with Gasteiger partial charge in [-0.1, -0.05) is 0 Å². The fraction of sp³-hybridized carbons (Fsp3) is 0.267. The van der Waals surface area contributed by atoms with E-state index in [0.717, 1.165) is 39.2 Å². The summed E-state index contributed by atoms with van der Waals surface area (Å²) < 4.78 is 1.16. The van der Waals surface area contributed by atoms with Crippen LogP contribution in [0.5, 0.6) is 0 Å². The molecule has 0 amide bonds. The van der Waals surface area contributed by atoms with Gasteiger partial charge in [-0.2, -0.15) is 5.10 Å². The standard InChI is InChI=1S/C15H16BrN5S/c1-8-2-4-19-11-6-9(10-3-5-22-14(10)16)7-12(13(8)11)20-21-15(17)18/h2-5,9H,6-7H2,1H3,(H4,17,18,21)/b20-12-. The van der Waals surface area contributed by atoms with E-state index in [9.17, 15) is 0 Å². The highest BCUT2D eigenvalue weighted by molar-refractivity contribution is 9.11. The number of aryl methyl sites for hydroxylation is 1. The van der Waals surface area contributed by atoms with Crippen LogP contribution in [0.2, 0.25) is 0 Å². The summed E-state index contributed by atoms with van der Waals surface area (Å²) in [5.41, 5.74) is 16.3. The molecule has 5 nitrogen and oxygen atoms in total. The fourth-order valence-corrected chi connectivity index (χ4v) is 4.32. The lowest BCUT2D eigenvalue weighted by molar-refractivity contribution is 0.677. The van der Waals surface area contributed by atoms with Gasteiger partial charge in [-0.15, -0.1) is 16.4 Å². The normalized spacial score (nSPS) is 19.0. The van der Waals surface area contributed by atoms with Crippen molar-refractivity contribution < 1.29 is 0 Å². The third-order valence-corrected chi connectivity index (χ3v) is 5.51. The molecule has 1 unspecified atom stereocenters. The molecule has 0 saturated carbocycles. The first-order chi connectivity index (χ1) is 10.6. The Kier molecular flexibility index (Phi) is 4.26. The number of guanidine groups is 1. The van der Waals surface area contributed by atoms with Crippen molar-refractivity contribution in [1.29, 1.82) is 0 Å². The average molecular weight is 378 g/mol. The molecular formula is C15H16BrN5S. The van der Waals surface area contributed by atoms with E-state index in [-0.39, 0.29) is 5.96 Å². The Morgan fingerprint density at radius 2 is 2.18 bits per heavy atom. The topological polar surface area (TPSA) is 89.6 Å². The van der Waals surface area contributed by atoms with Gasteiger partial charge in [0.05, 0.1) is 15.2 Å². The molecule has 1 aliphatic carbocycles. The summed E-state index contributed by atoms with van der Waals surface area (Å²) in [5, 5.41) is 10.2. The second-order valence-electron chi connectivity index (χ2n) is 5.28. The Bertz CT molecular complexity index is 761. The average Bonchev–Trinajstić information content (AvgIpc) is 2.90. The van der Waals surface area contributed by atoms with Crippen LogP contribution in [-0.2, 0) is 6.42 Å². The number of rotatable bonds is 2. The minimum atomic E-state index is -0.0329. The lowest BCUT2D eigenvalue weighted by atomic mass is 9.81. The van der Waals surface area contributed by atoms with Gasteiger partial charge >= 0.3 is 0 Å². The molecule has 2 aromatic heterocycles. The lowest BCUT2D eigenvalue weighted by Gasteiger charge is -2.26. The molecule has 2 heterocycles. The Morgan fingerprint density at radius 1 is 1.36 bits per heavy atom. The zero-order chi connectivity index (χ0) is 15.7. The number of fused-ring (bicyclic) bond motifs is 1. The summed E-state index contributed by atoms with van der Waals surface area (Å²) in [6.45, 7) is 2.06. The second kappa shape index (κ2) is 6.18. The van der Waals surface area contributed by atoms with Crippen molar-refractivity contribution in [3.63, 3.8) is 0 Å². The summed E-state index contributed by atoms with van der Waals surface area (Å²) in [7, 11) is 0. The summed E-state index contributed by atoms with van der Waals surface area (Å²) >= 11 is 5.32. The summed E-state index contributed by atoms with van der Waals surface area (Å²) in [6, 6.07) is 4.14. The molecule has 3 rings (SSSR count). The number of aromatic nitrogens is 1. The molecule has 1 atom stereocenters. The second-order valence-corrected chi connectivity index (χ2v) is 7.51. The highest BCUT2D eigenvalue weighted by Gasteiger charge is 2.28. The minimum absolute atomic E-state index is 0.0329. The highest BCUT2D eigenvalue weighted by Crippen LogP contribution is 2.38. The number of hydrogen-bond acceptors (Lipinski definition) is 4. The quantitative estimate of drug-likeness (QED) is 0.478. The van der Waals surface area contributed by atoms with Crippen molar-refractivity contribution in [3.05, 3.63) is 49.9 Å². The predicted octanol–water partition coefficient (Wildman–Crippen LogP) is 2.92. The van der Waals surface area contributed by atoms with Crippen molar-refractivity contribution in [1.82, 2.24) is 4.98 Å². The lowest BCUT2D eigenvalue weighted by Crippen LogP contribution is -2.24. The molecule has 114 valence electrons. The SMILES string of the molecule is Cc1ccnc2c1/C(=N\N=C(N)N)CC(c1ccsc1Br)C2. The molecule has 2 aromatic rings. The van der Waals surface area contributed by atoms with E-state index in [4.69, 9.17) is 11.5 Å². The van der Waals surface area contributed by atoms with E-state index < -0.39 is 0 Å². The van der Waals surface area contributed by atoms with Crippen LogP contribution in [0, 0.1) is 6.92 Å². The first-order valence-corrected chi connectivity index (χ1v) is 8.56. The van der Waals surface area contributed by atoms with Crippen LogP contribution in [0.15, 0.2) is 37.7 Å². The van der Waals surface area contributed by atoms with Crippen LogP contribution in [0.1, 0.15) is 34.7 Å². The van der Waals surface area contributed by atoms with Crippen LogP contribution in [-0.4, -0.2) is 16.7 Å². The van der Waals surface area contributed by atoms with E-state index in [0.29, 0.717) is 5.92 Å². The Balaban J connectivity index is 2.08. The van der Waals surface area contributed by atoms with Crippen molar-refractivity contribution in [3.8, 4) is 0 Å². The Morgan fingerprint density at radius 3 is 2.86 bits per heavy atom. The zero-order valence-corrected chi connectivity index (χ0v) is 14.5. The molecule has 1 aliphatic rings. The van der Waals surface area contributed by atoms with Gasteiger partial charge < -0.3 is 11.5 Å². The monoisotopic (exact) mass is 377 g/mol. The maximum atomic E-state index is 5.42. The van der Waals surface area contributed by atoms with Gasteiger partial charge in [0.25, 0.3) is 0 Å². The summed E-state index contributed by atoms with van der Waals surface area (Å²) in [6.07, 6.45) is 3.54. The van der Waals surface area contributed by atoms with E-state index in [1.807, 2.05) is 12.3 Å². The third kappa shape index (κ3) is 2.91. The van der Waals surface area contributed by atoms with Crippen LogP contribution in [0.25, 0.3) is 0 Å². The first-order valence-electron chi connectivity index (χ1n) is 6.89. The van der Waals surface area contributed by atoms with Crippen LogP contribution in [0.4, 0.5) is 0 Å². The highest BCUT2D eigenvalue weighted by atomic mass is 79.9. The van der Waals surface area contributed by atoms with Gasteiger partial charge in [-0.3, -0.25) is 4.98 Å². The van der Waals surface area contributed by atoms with E-state index in [1.165, 1.54) is 5.56 Å². The van der Waals surface area contributed by atoms with Crippen LogP contribution in [0.3, 0.4) is 0 Å². The van der Waals surface area contributed by atoms with Gasteiger partial charge in [0, 0.05) is 11.8 Å². The van der Waals surface area contributed by atoms with Gasteiger partial charge in [0.2, 0.25) is 5.96 Å². The molecule has 0 fully saturated rings. The van der Waals surface area contributed by atoms with Crippen LogP contribution < -0.4 is 11.5 Å². The Labute approximate surface area is 141 Å². The number of hydrogen-bond donors (Lipinski definition) is 2. The molecule has 4 N–H and O–H groups in total. The molecular weight excluding hydrogens is 362 g/mol. The van der Waals surface area contributed by atoms with Gasteiger partial charge in [0.15, 0.2) is 0 Å². The van der Waals surface area contributed by atoms with E-state index in [1.54, 1.807) is 11.3 Å². The Hall–Kier alpha value is -1.73. The molecule has 0 saturated heterocycles. The van der Waals surface area contributed by atoms with Crippen LogP contribution >= 0.6 is 27.3 Å². The number of pyridine rings is 1. The maximum Gasteiger partial charge on any atom is 0.211 e. The van der Waals surface area contributed by atoms with Crippen molar-refractivity contribution in [2.45, 2.75) is 25.7 Å². The van der Waals surface area contributed by atoms with Crippen molar-refractivity contribution >= 4 is 38.9 Å². The zero-order valence-electron chi connectivity index (χ0n) is 12.1. The van der Waals surface area contributed by atoms with Gasteiger partial charge in [-0.05, 0) is 70.3 Å². The number of nitrogens with zero attached hydrogens (tertiary/aromatic N) is 3. The molecule has 0 aromatic carbocycles. The first kappa shape index (κ1) is 15.2. The molecule has 7 heteroatoms. The summed E-state index contributed by atoms with van der Waals surface area (Å²) in [5.74, 6) is 0.296. The predicted molar refractivity (Wildman–Crippen MR) is 94.4 cm³/mol. The minimum Gasteiger partial charge on any atom is -0.369 e. The van der Waals surface area contributed by atoms with E-state index in [2.05, 4.69) is 49.5 Å². The van der Waals surface area contributed by atoms with Crippen molar-refractivity contribution in [2.24, 2.45) is 21.7 Å². The molecule has 0 aliphatic heterocycles. The fourth-order valence-electron chi connectivity index (χ4n) is 2.83. The largest absolute Gasteiger partial charge is 0.369 e. The van der Waals surface area contributed by atoms with Gasteiger partial charge in [0.1, 0.15) is 0 Å². The molecule has 0 spiro atoms. The third-order valence-electron chi connectivity index (χ3n) is 3.78. The number of halogens is 1. The molecule has 22 heavy (non-hydrogen) atoms. The number of thiophene rings is 1.